The Bertz CT molecular complexity index is 393. The van der Waals surface area contributed by atoms with Crippen LogP contribution in [-0.4, -0.2) is 58.1 Å². The fourth-order valence-corrected chi connectivity index (χ4v) is 3.92. The average Bonchev–Trinajstić information content (AvgIpc) is 2.29. The predicted molar refractivity (Wildman–Crippen MR) is 85.8 cm³/mol. The largest absolute Gasteiger partial charge is 0.314 e. The van der Waals surface area contributed by atoms with Crippen LogP contribution >= 0.6 is 0 Å². The molecule has 1 saturated carbocycles. The first-order chi connectivity index (χ1) is 9.13. The highest BCUT2D eigenvalue weighted by Crippen LogP contribution is 2.38. The summed E-state index contributed by atoms with van der Waals surface area (Å²) in [6.07, 6.45) is 5.03. The number of rotatable bonds is 7. The highest BCUT2D eigenvalue weighted by molar-refractivity contribution is 7.90. The zero-order valence-corrected chi connectivity index (χ0v) is 14.6. The lowest BCUT2D eigenvalue weighted by Crippen LogP contribution is -2.47. The summed E-state index contributed by atoms with van der Waals surface area (Å²) in [5, 5.41) is 3.61. The fourth-order valence-electron chi connectivity index (χ4n) is 3.27. The molecule has 2 unspecified atom stereocenters. The van der Waals surface area contributed by atoms with Gasteiger partial charge < -0.3 is 10.2 Å². The van der Waals surface area contributed by atoms with Crippen molar-refractivity contribution >= 4 is 9.84 Å². The molecule has 5 heteroatoms. The van der Waals surface area contributed by atoms with Gasteiger partial charge in [-0.2, -0.15) is 0 Å². The SMILES string of the molecule is CCNC1CCC(C)(C)CC1CN(C)CCS(C)(=O)=O. The summed E-state index contributed by atoms with van der Waals surface area (Å²) >= 11 is 0. The molecule has 0 aliphatic heterocycles. The van der Waals surface area contributed by atoms with Crippen molar-refractivity contribution in [1.29, 1.82) is 0 Å². The molecule has 0 radical (unpaired) electrons. The molecular formula is C15H32N2O2S. The Morgan fingerprint density at radius 1 is 1.35 bits per heavy atom. The van der Waals surface area contributed by atoms with Gasteiger partial charge >= 0.3 is 0 Å². The molecular weight excluding hydrogens is 272 g/mol. The van der Waals surface area contributed by atoms with Gasteiger partial charge in [0.2, 0.25) is 0 Å². The topological polar surface area (TPSA) is 49.4 Å². The first-order valence-electron chi connectivity index (χ1n) is 7.72. The first kappa shape index (κ1) is 17.9. The van der Waals surface area contributed by atoms with Crippen LogP contribution in [0.2, 0.25) is 0 Å². The number of hydrogen-bond acceptors (Lipinski definition) is 4. The molecule has 1 aliphatic rings. The highest BCUT2D eigenvalue weighted by Gasteiger charge is 2.34. The van der Waals surface area contributed by atoms with Gasteiger partial charge in [0.1, 0.15) is 9.84 Å². The predicted octanol–water partition coefficient (Wildman–Crippen LogP) is 1.77. The summed E-state index contributed by atoms with van der Waals surface area (Å²) in [6.45, 7) is 9.47. The molecule has 0 aromatic carbocycles. The van der Waals surface area contributed by atoms with Gasteiger partial charge in [-0.25, -0.2) is 8.42 Å². The van der Waals surface area contributed by atoms with Crippen molar-refractivity contribution in [2.75, 3.05) is 38.7 Å². The van der Waals surface area contributed by atoms with Crippen molar-refractivity contribution in [1.82, 2.24) is 10.2 Å². The van der Waals surface area contributed by atoms with E-state index in [0.717, 1.165) is 13.1 Å². The van der Waals surface area contributed by atoms with E-state index in [1.807, 2.05) is 7.05 Å². The number of hydrogen-bond donors (Lipinski definition) is 1. The molecule has 1 N–H and O–H groups in total. The minimum atomic E-state index is -2.86. The molecule has 2 atom stereocenters. The van der Waals surface area contributed by atoms with E-state index in [-0.39, 0.29) is 5.75 Å². The quantitative estimate of drug-likeness (QED) is 0.779. The van der Waals surface area contributed by atoms with Gasteiger partial charge in [0.25, 0.3) is 0 Å². The van der Waals surface area contributed by atoms with E-state index in [1.165, 1.54) is 25.5 Å². The molecule has 0 spiro atoms. The zero-order valence-electron chi connectivity index (χ0n) is 13.8. The molecule has 0 aromatic heterocycles. The van der Waals surface area contributed by atoms with Crippen LogP contribution in [0.25, 0.3) is 0 Å². The summed E-state index contributed by atoms with van der Waals surface area (Å²) in [5.41, 5.74) is 0.411. The molecule has 0 amide bonds. The van der Waals surface area contributed by atoms with E-state index in [0.29, 0.717) is 23.9 Å². The molecule has 1 fully saturated rings. The Morgan fingerprint density at radius 2 is 2.00 bits per heavy atom. The van der Waals surface area contributed by atoms with Crippen LogP contribution in [0.4, 0.5) is 0 Å². The smallest absolute Gasteiger partial charge is 0.148 e. The average molecular weight is 304 g/mol. The monoisotopic (exact) mass is 304 g/mol. The van der Waals surface area contributed by atoms with Crippen LogP contribution in [0.15, 0.2) is 0 Å². The lowest BCUT2D eigenvalue weighted by atomic mass is 9.69. The lowest BCUT2D eigenvalue weighted by Gasteiger charge is -2.42. The van der Waals surface area contributed by atoms with Crippen molar-refractivity contribution in [2.24, 2.45) is 11.3 Å². The van der Waals surface area contributed by atoms with E-state index in [4.69, 9.17) is 0 Å². The van der Waals surface area contributed by atoms with Crippen LogP contribution < -0.4 is 5.32 Å². The third-order valence-electron chi connectivity index (χ3n) is 4.37. The summed E-state index contributed by atoms with van der Waals surface area (Å²) in [7, 11) is -0.826. The van der Waals surface area contributed by atoms with Gasteiger partial charge in [-0.15, -0.1) is 0 Å². The Labute approximate surface area is 125 Å². The van der Waals surface area contributed by atoms with Crippen molar-refractivity contribution in [3.8, 4) is 0 Å². The number of nitrogens with one attached hydrogen (secondary N) is 1. The van der Waals surface area contributed by atoms with Crippen LogP contribution in [0.5, 0.6) is 0 Å². The van der Waals surface area contributed by atoms with Gasteiger partial charge in [0.05, 0.1) is 5.75 Å². The minimum Gasteiger partial charge on any atom is -0.314 e. The van der Waals surface area contributed by atoms with Crippen LogP contribution in [0.3, 0.4) is 0 Å². The van der Waals surface area contributed by atoms with Gasteiger partial charge in [-0.05, 0) is 44.2 Å². The van der Waals surface area contributed by atoms with E-state index >= 15 is 0 Å². The third kappa shape index (κ3) is 6.55. The number of nitrogens with zero attached hydrogens (tertiary/aromatic N) is 1. The maximum atomic E-state index is 11.3. The van der Waals surface area contributed by atoms with Gasteiger partial charge in [-0.1, -0.05) is 20.8 Å². The highest BCUT2D eigenvalue weighted by atomic mass is 32.2. The van der Waals surface area contributed by atoms with E-state index < -0.39 is 9.84 Å². The molecule has 4 nitrogen and oxygen atoms in total. The first-order valence-corrected chi connectivity index (χ1v) is 9.78. The zero-order chi connectivity index (χ0) is 15.4. The summed E-state index contributed by atoms with van der Waals surface area (Å²) in [6, 6.07) is 0.578. The second-order valence-corrected chi connectivity index (χ2v) is 9.48. The Morgan fingerprint density at radius 3 is 2.55 bits per heavy atom. The van der Waals surface area contributed by atoms with Crippen LogP contribution in [0.1, 0.15) is 40.0 Å². The van der Waals surface area contributed by atoms with E-state index in [1.54, 1.807) is 0 Å². The van der Waals surface area contributed by atoms with Gasteiger partial charge in [0, 0.05) is 25.4 Å². The minimum absolute atomic E-state index is 0.255. The van der Waals surface area contributed by atoms with Gasteiger partial charge in [0.15, 0.2) is 0 Å². The van der Waals surface area contributed by atoms with Crippen molar-refractivity contribution in [2.45, 2.75) is 46.1 Å². The Hall–Kier alpha value is -0.130. The summed E-state index contributed by atoms with van der Waals surface area (Å²) < 4.78 is 22.5. The summed E-state index contributed by atoms with van der Waals surface area (Å²) in [4.78, 5) is 2.18. The van der Waals surface area contributed by atoms with Gasteiger partial charge in [-0.3, -0.25) is 0 Å². The second kappa shape index (κ2) is 7.23. The van der Waals surface area contributed by atoms with E-state index in [2.05, 4.69) is 31.0 Å². The maximum absolute atomic E-state index is 11.3. The molecule has 1 rings (SSSR count). The maximum Gasteiger partial charge on any atom is 0.148 e. The molecule has 1 aliphatic carbocycles. The van der Waals surface area contributed by atoms with Crippen LogP contribution in [-0.2, 0) is 9.84 Å². The van der Waals surface area contributed by atoms with Crippen molar-refractivity contribution in [3.05, 3.63) is 0 Å². The summed E-state index contributed by atoms with van der Waals surface area (Å²) in [5.74, 6) is 0.870. The normalized spacial score (nSPS) is 26.9. The standard InChI is InChI=1S/C15H32N2O2S/c1-6-16-14-7-8-15(2,3)11-13(14)12-17(4)9-10-20(5,18)19/h13-14,16H,6-12H2,1-5H3. The molecule has 0 aromatic rings. The molecule has 0 bridgehead atoms. The number of sulfone groups is 1. The van der Waals surface area contributed by atoms with Crippen LogP contribution in [0, 0.1) is 11.3 Å². The third-order valence-corrected chi connectivity index (χ3v) is 5.30. The van der Waals surface area contributed by atoms with Crippen molar-refractivity contribution < 1.29 is 8.42 Å². The lowest BCUT2D eigenvalue weighted by molar-refractivity contribution is 0.111. The van der Waals surface area contributed by atoms with Crippen molar-refractivity contribution in [3.63, 3.8) is 0 Å². The van der Waals surface area contributed by atoms with E-state index in [9.17, 15) is 8.42 Å². The molecule has 20 heavy (non-hydrogen) atoms. The molecule has 120 valence electrons. The second-order valence-electron chi connectivity index (χ2n) is 7.22. The molecule has 0 heterocycles. The fraction of sp³-hybridized carbons (Fsp3) is 1.00. The Balaban J connectivity index is 2.55. The Kier molecular flexibility index (Phi) is 6.48. The molecule has 0 saturated heterocycles.